The van der Waals surface area contributed by atoms with Crippen molar-refractivity contribution in [1.82, 2.24) is 10.6 Å². The Morgan fingerprint density at radius 1 is 1.22 bits per heavy atom. The predicted octanol–water partition coefficient (Wildman–Crippen LogP) is -0.0588. The summed E-state index contributed by atoms with van der Waals surface area (Å²) in [7, 11) is -4.71. The van der Waals surface area contributed by atoms with Crippen LogP contribution in [0.5, 0.6) is 0 Å². The molecule has 0 fully saturated rings. The van der Waals surface area contributed by atoms with Crippen molar-refractivity contribution >= 4 is 36.5 Å². The number of hydrogen-bond acceptors (Lipinski definition) is 7. The number of hydrogen-bond donors (Lipinski definition) is 5. The predicted molar refractivity (Wildman–Crippen MR) is 101 cm³/mol. The minimum absolute atomic E-state index is 0.0225. The molecule has 27 heavy (non-hydrogen) atoms. The maximum Gasteiger partial charge on any atom is 0.469 e. The number of allylic oxidation sites excluding steroid dienone is 1. The summed E-state index contributed by atoms with van der Waals surface area (Å²) in [4.78, 5) is 52.1. The number of rotatable bonds is 12. The monoisotopic (exact) mass is 426 g/mol. The molecule has 2 amide bonds. The molecule has 0 radical (unpaired) electrons. The molecule has 0 aliphatic rings. The zero-order valence-electron chi connectivity index (χ0n) is 15.5. The van der Waals surface area contributed by atoms with E-state index in [4.69, 9.17) is 9.79 Å². The Balaban J connectivity index is 4.11. The molecule has 0 aromatic rings. The smallest absolute Gasteiger partial charge is 0.383 e. The van der Waals surface area contributed by atoms with Gasteiger partial charge in [-0.3, -0.25) is 18.9 Å². The molecule has 5 N–H and O–H groups in total. The first-order valence-corrected chi connectivity index (χ1v) is 10.6. The number of thioether (sulfide) groups is 1. The average Bonchev–Trinajstić information content (AvgIpc) is 2.56. The highest BCUT2D eigenvalue weighted by molar-refractivity contribution is 8.14. The normalized spacial score (nSPS) is 13.4. The summed E-state index contributed by atoms with van der Waals surface area (Å²) in [6.45, 7) is 4.30. The van der Waals surface area contributed by atoms with Gasteiger partial charge in [0, 0.05) is 30.7 Å². The summed E-state index contributed by atoms with van der Waals surface area (Å²) >= 11 is 1.07. The minimum atomic E-state index is -4.71. The summed E-state index contributed by atoms with van der Waals surface area (Å²) < 4.78 is 15.0. The van der Waals surface area contributed by atoms with Crippen LogP contribution in [0.2, 0.25) is 0 Å². The Labute approximate surface area is 162 Å². The number of carbonyl (C=O) groups excluding carboxylic acids is 3. The number of phosphoric acid groups is 1. The van der Waals surface area contributed by atoms with Gasteiger partial charge in [-0.1, -0.05) is 31.7 Å². The second-order valence-electron chi connectivity index (χ2n) is 6.21. The van der Waals surface area contributed by atoms with Crippen LogP contribution in [-0.4, -0.2) is 63.4 Å². The third-order valence-corrected chi connectivity index (χ3v) is 4.51. The summed E-state index contributed by atoms with van der Waals surface area (Å²) in [6.07, 6.45) is 1.46. The fourth-order valence-corrected chi connectivity index (χ4v) is 2.83. The molecule has 0 aliphatic heterocycles. The summed E-state index contributed by atoms with van der Waals surface area (Å²) in [5, 5.41) is 14.9. The van der Waals surface area contributed by atoms with Crippen molar-refractivity contribution in [3.05, 3.63) is 12.2 Å². The van der Waals surface area contributed by atoms with Gasteiger partial charge < -0.3 is 25.5 Å². The maximum atomic E-state index is 11.9. The zero-order valence-corrected chi connectivity index (χ0v) is 17.2. The third-order valence-electron chi connectivity index (χ3n) is 3.22. The van der Waals surface area contributed by atoms with Gasteiger partial charge in [-0.2, -0.15) is 0 Å². The molecule has 10 nitrogen and oxygen atoms in total. The van der Waals surface area contributed by atoms with E-state index >= 15 is 0 Å². The molecular formula is C15H27N2O8PS. The minimum Gasteiger partial charge on any atom is -0.383 e. The van der Waals surface area contributed by atoms with Crippen molar-refractivity contribution in [1.29, 1.82) is 0 Å². The van der Waals surface area contributed by atoms with Crippen LogP contribution < -0.4 is 10.6 Å². The Bertz CT molecular complexity index is 590. The molecule has 0 saturated heterocycles. The lowest BCUT2D eigenvalue weighted by molar-refractivity contribution is -0.137. The van der Waals surface area contributed by atoms with Gasteiger partial charge in [0.05, 0.1) is 6.61 Å². The van der Waals surface area contributed by atoms with Crippen molar-refractivity contribution in [2.45, 2.75) is 33.3 Å². The van der Waals surface area contributed by atoms with E-state index in [1.807, 2.05) is 0 Å². The van der Waals surface area contributed by atoms with Gasteiger partial charge in [0.15, 0.2) is 0 Å². The van der Waals surface area contributed by atoms with Crippen LogP contribution in [0.3, 0.4) is 0 Å². The number of aliphatic hydroxyl groups excluding tert-OH is 1. The van der Waals surface area contributed by atoms with Crippen molar-refractivity contribution in [2.24, 2.45) is 5.41 Å². The van der Waals surface area contributed by atoms with E-state index in [-0.39, 0.29) is 24.0 Å². The third kappa shape index (κ3) is 12.7. The summed E-state index contributed by atoms with van der Waals surface area (Å²) in [5.74, 6) is -0.684. The largest absolute Gasteiger partial charge is 0.469 e. The van der Waals surface area contributed by atoms with Crippen LogP contribution in [0.25, 0.3) is 0 Å². The summed E-state index contributed by atoms with van der Waals surface area (Å²) in [6, 6.07) is 0. The molecule has 1 atom stereocenters. The molecule has 0 saturated carbocycles. The SMILES string of the molecule is C/C=C/C(=O)SCCNC(=O)CCNC(=O)[C@H](O)C(C)(C)COP(=O)(O)O. The molecule has 0 unspecified atom stereocenters. The van der Waals surface area contributed by atoms with Crippen molar-refractivity contribution in [2.75, 3.05) is 25.4 Å². The molecular weight excluding hydrogens is 399 g/mol. The lowest BCUT2D eigenvalue weighted by atomic mass is 9.87. The quantitative estimate of drug-likeness (QED) is 0.163. The molecule has 156 valence electrons. The van der Waals surface area contributed by atoms with Crippen molar-refractivity contribution < 1.29 is 38.4 Å². The Morgan fingerprint density at radius 3 is 2.41 bits per heavy atom. The molecule has 0 bridgehead atoms. The molecule has 0 aromatic heterocycles. The van der Waals surface area contributed by atoms with Crippen molar-refractivity contribution in [3.63, 3.8) is 0 Å². The summed E-state index contributed by atoms with van der Waals surface area (Å²) in [5.41, 5.74) is -1.25. The van der Waals surface area contributed by atoms with Gasteiger partial charge in [-0.05, 0) is 13.0 Å². The van der Waals surface area contributed by atoms with Crippen LogP contribution in [0.1, 0.15) is 27.2 Å². The maximum absolute atomic E-state index is 11.9. The van der Waals surface area contributed by atoms with Crippen LogP contribution in [-0.2, 0) is 23.5 Å². The van der Waals surface area contributed by atoms with Gasteiger partial charge in [0.25, 0.3) is 0 Å². The van der Waals surface area contributed by atoms with E-state index in [2.05, 4.69) is 15.2 Å². The Morgan fingerprint density at radius 2 is 1.85 bits per heavy atom. The van der Waals surface area contributed by atoms with E-state index < -0.39 is 31.9 Å². The number of aliphatic hydroxyl groups is 1. The highest BCUT2D eigenvalue weighted by Gasteiger charge is 2.35. The lowest BCUT2D eigenvalue weighted by Crippen LogP contribution is -2.46. The highest BCUT2D eigenvalue weighted by atomic mass is 32.2. The van der Waals surface area contributed by atoms with Gasteiger partial charge in [0.2, 0.25) is 16.9 Å². The topological polar surface area (TPSA) is 162 Å². The second kappa shape index (κ2) is 12.3. The fourth-order valence-electron chi connectivity index (χ4n) is 1.69. The van der Waals surface area contributed by atoms with E-state index in [1.165, 1.54) is 19.9 Å². The van der Waals surface area contributed by atoms with E-state index in [0.29, 0.717) is 12.3 Å². The lowest BCUT2D eigenvalue weighted by Gasteiger charge is -2.29. The van der Waals surface area contributed by atoms with Gasteiger partial charge in [-0.15, -0.1) is 0 Å². The molecule has 0 spiro atoms. The number of carbonyl (C=O) groups is 3. The molecule has 12 heteroatoms. The van der Waals surface area contributed by atoms with Crippen LogP contribution in [0.4, 0.5) is 0 Å². The first-order valence-electron chi connectivity index (χ1n) is 8.11. The van der Waals surface area contributed by atoms with E-state index in [9.17, 15) is 24.1 Å². The fraction of sp³-hybridized carbons (Fsp3) is 0.667. The molecule has 0 aliphatic carbocycles. The van der Waals surface area contributed by atoms with Gasteiger partial charge in [-0.25, -0.2) is 4.57 Å². The molecule has 0 rings (SSSR count). The van der Waals surface area contributed by atoms with E-state index in [1.54, 1.807) is 13.0 Å². The first kappa shape index (κ1) is 25.8. The average molecular weight is 426 g/mol. The zero-order chi connectivity index (χ0) is 21.1. The first-order chi connectivity index (χ1) is 12.4. The van der Waals surface area contributed by atoms with Crippen molar-refractivity contribution in [3.8, 4) is 0 Å². The van der Waals surface area contributed by atoms with E-state index in [0.717, 1.165) is 11.8 Å². The Kier molecular flexibility index (Phi) is 11.7. The van der Waals surface area contributed by atoms with Crippen LogP contribution in [0, 0.1) is 5.41 Å². The second-order valence-corrected chi connectivity index (χ2v) is 8.55. The van der Waals surface area contributed by atoms with Crippen LogP contribution >= 0.6 is 19.6 Å². The molecule has 0 aromatic carbocycles. The highest BCUT2D eigenvalue weighted by Crippen LogP contribution is 2.38. The molecule has 0 heterocycles. The van der Waals surface area contributed by atoms with Gasteiger partial charge in [0.1, 0.15) is 6.10 Å². The van der Waals surface area contributed by atoms with Gasteiger partial charge >= 0.3 is 7.82 Å². The Hall–Kier alpha value is -1.23. The van der Waals surface area contributed by atoms with Crippen LogP contribution in [0.15, 0.2) is 12.2 Å². The number of amides is 2. The standard InChI is InChI=1S/C15H27N2O8PS/c1-4-5-12(19)27-9-8-16-11(18)6-7-17-14(21)13(20)15(2,3)10-25-26(22,23)24/h4-5,13,20H,6-10H2,1-3H3,(H,16,18)(H,17,21)(H2,22,23,24)/b5-4+/t13-/m0/s1. The number of phosphoric ester groups is 1. The number of nitrogens with one attached hydrogen (secondary N) is 2.